The van der Waals surface area contributed by atoms with Crippen molar-refractivity contribution in [3.05, 3.63) is 56.2 Å². The number of amides is 1. The van der Waals surface area contributed by atoms with Crippen molar-refractivity contribution in [2.75, 3.05) is 13.7 Å². The summed E-state index contributed by atoms with van der Waals surface area (Å²) in [6, 6.07) is 9.04. The fourth-order valence-electron chi connectivity index (χ4n) is 1.75. The number of rotatable bonds is 5. The van der Waals surface area contributed by atoms with Crippen LogP contribution in [0.3, 0.4) is 0 Å². The molecule has 0 aliphatic heterocycles. The Morgan fingerprint density at radius 3 is 2.55 bits per heavy atom. The Hall–Kier alpha value is -1.07. The number of hydrogen-bond donors (Lipinski definition) is 1. The highest BCUT2D eigenvalue weighted by Gasteiger charge is 2.15. The van der Waals surface area contributed by atoms with E-state index in [4.69, 9.17) is 27.9 Å². The van der Waals surface area contributed by atoms with Gasteiger partial charge >= 0.3 is 0 Å². The molecule has 0 saturated carbocycles. The molecule has 0 saturated heterocycles. The van der Waals surface area contributed by atoms with Crippen LogP contribution in [0.5, 0.6) is 0 Å². The summed E-state index contributed by atoms with van der Waals surface area (Å²) in [7, 11) is 1.60. The monoisotopic (exact) mass is 329 g/mol. The van der Waals surface area contributed by atoms with E-state index in [1.807, 2.05) is 12.1 Å². The first-order valence-electron chi connectivity index (χ1n) is 5.91. The van der Waals surface area contributed by atoms with Crippen LogP contribution in [0, 0.1) is 0 Å². The molecule has 0 unspecified atom stereocenters. The van der Waals surface area contributed by atoms with Gasteiger partial charge in [-0.15, -0.1) is 11.3 Å². The Balaban J connectivity index is 1.99. The topological polar surface area (TPSA) is 38.3 Å². The Morgan fingerprint density at radius 2 is 2.00 bits per heavy atom. The summed E-state index contributed by atoms with van der Waals surface area (Å²) in [5.41, 5.74) is 1.44. The van der Waals surface area contributed by atoms with E-state index < -0.39 is 0 Å². The molecule has 0 spiro atoms. The lowest BCUT2D eigenvalue weighted by atomic mass is 10.1. The number of halogens is 2. The summed E-state index contributed by atoms with van der Waals surface area (Å²) in [5, 5.41) is 5.26. The van der Waals surface area contributed by atoms with Crippen molar-refractivity contribution in [3.8, 4) is 0 Å². The molecule has 0 bridgehead atoms. The smallest absolute Gasteiger partial charge is 0.253 e. The van der Waals surface area contributed by atoms with Crippen LogP contribution in [-0.2, 0) is 4.74 Å². The largest absolute Gasteiger partial charge is 0.375 e. The van der Waals surface area contributed by atoms with Gasteiger partial charge in [0.25, 0.3) is 5.91 Å². The summed E-state index contributed by atoms with van der Waals surface area (Å²) < 4.78 is 5.87. The molecule has 1 atom stereocenters. The second-order valence-electron chi connectivity index (χ2n) is 4.09. The van der Waals surface area contributed by atoms with Gasteiger partial charge in [0.05, 0.1) is 11.7 Å². The van der Waals surface area contributed by atoms with Crippen molar-refractivity contribution in [1.29, 1.82) is 0 Å². The molecule has 1 amide bonds. The molecule has 2 rings (SSSR count). The maximum atomic E-state index is 12.0. The lowest BCUT2D eigenvalue weighted by Gasteiger charge is -2.16. The van der Waals surface area contributed by atoms with Gasteiger partial charge in [0, 0.05) is 18.7 Å². The number of nitrogens with one attached hydrogen (secondary N) is 1. The highest BCUT2D eigenvalue weighted by Crippen LogP contribution is 2.23. The van der Waals surface area contributed by atoms with Crippen molar-refractivity contribution in [1.82, 2.24) is 5.32 Å². The molecule has 6 heteroatoms. The molecule has 1 aromatic carbocycles. The third-order valence-electron chi connectivity index (χ3n) is 2.84. The zero-order valence-corrected chi connectivity index (χ0v) is 13.1. The number of ether oxygens (including phenoxy) is 1. The van der Waals surface area contributed by atoms with Gasteiger partial charge in [0.15, 0.2) is 0 Å². The quantitative estimate of drug-likeness (QED) is 0.893. The van der Waals surface area contributed by atoms with Crippen LogP contribution in [0.4, 0.5) is 0 Å². The van der Waals surface area contributed by atoms with Gasteiger partial charge in [-0.25, -0.2) is 0 Å². The summed E-state index contributed by atoms with van der Waals surface area (Å²) in [4.78, 5) is 12.0. The Labute approximate surface area is 131 Å². The highest BCUT2D eigenvalue weighted by molar-refractivity contribution is 7.14. The van der Waals surface area contributed by atoms with Crippen LogP contribution in [0.1, 0.15) is 22.0 Å². The number of carbonyl (C=O) groups is 1. The van der Waals surface area contributed by atoms with Crippen LogP contribution < -0.4 is 5.32 Å². The first-order valence-corrected chi connectivity index (χ1v) is 7.55. The van der Waals surface area contributed by atoms with Crippen molar-refractivity contribution in [2.24, 2.45) is 0 Å². The van der Waals surface area contributed by atoms with Crippen LogP contribution in [0.2, 0.25) is 9.36 Å². The van der Waals surface area contributed by atoms with Crippen LogP contribution in [0.25, 0.3) is 0 Å². The molecule has 1 aromatic heterocycles. The van der Waals surface area contributed by atoms with Gasteiger partial charge in [0.1, 0.15) is 4.34 Å². The van der Waals surface area contributed by atoms with Crippen molar-refractivity contribution >= 4 is 40.4 Å². The second-order valence-corrected chi connectivity index (χ2v) is 6.05. The van der Waals surface area contributed by atoms with E-state index in [1.54, 1.807) is 30.7 Å². The number of carbonyl (C=O) groups excluding carboxylic acids is 1. The predicted molar refractivity (Wildman–Crippen MR) is 82.9 cm³/mol. The van der Waals surface area contributed by atoms with Gasteiger partial charge in [-0.05, 0) is 29.1 Å². The summed E-state index contributed by atoms with van der Waals surface area (Å²) in [6.45, 7) is 0.364. The Morgan fingerprint density at radius 1 is 1.30 bits per heavy atom. The van der Waals surface area contributed by atoms with E-state index >= 15 is 0 Å². The molecule has 20 heavy (non-hydrogen) atoms. The van der Waals surface area contributed by atoms with Crippen molar-refractivity contribution in [3.63, 3.8) is 0 Å². The molecule has 0 fully saturated rings. The van der Waals surface area contributed by atoms with Gasteiger partial charge in [-0.3, -0.25) is 4.79 Å². The molecular weight excluding hydrogens is 317 g/mol. The van der Waals surface area contributed by atoms with Crippen LogP contribution in [0.15, 0.2) is 35.7 Å². The van der Waals surface area contributed by atoms with E-state index in [2.05, 4.69) is 5.32 Å². The zero-order valence-electron chi connectivity index (χ0n) is 10.7. The third-order valence-corrected chi connectivity index (χ3v) is 4.26. The average Bonchev–Trinajstić information content (AvgIpc) is 2.87. The SMILES string of the molecule is CO[C@@H](CNC(=O)c1ccsc1Cl)c1ccc(Cl)cc1. The molecule has 0 radical (unpaired) electrons. The van der Waals surface area contributed by atoms with Crippen LogP contribution in [-0.4, -0.2) is 19.6 Å². The van der Waals surface area contributed by atoms with Gasteiger partial charge in [-0.2, -0.15) is 0 Å². The summed E-state index contributed by atoms with van der Waals surface area (Å²) in [6.07, 6.45) is -0.228. The van der Waals surface area contributed by atoms with Crippen molar-refractivity contribution < 1.29 is 9.53 Å². The Kier molecular flexibility index (Phi) is 5.43. The van der Waals surface area contributed by atoms with Crippen LogP contribution >= 0.6 is 34.5 Å². The summed E-state index contributed by atoms with van der Waals surface area (Å²) in [5.74, 6) is -0.202. The lowest BCUT2D eigenvalue weighted by Crippen LogP contribution is -2.29. The molecule has 2 aromatic rings. The molecule has 3 nitrogen and oxygen atoms in total. The Bertz CT molecular complexity index is 583. The predicted octanol–water partition coefficient (Wildman–Crippen LogP) is 4.17. The molecule has 1 N–H and O–H groups in total. The number of benzene rings is 1. The standard InChI is InChI=1S/C14H13Cl2NO2S/c1-19-12(9-2-4-10(15)5-3-9)8-17-14(18)11-6-7-20-13(11)16/h2-7,12H,8H2,1H3,(H,17,18)/t12-/m0/s1. The molecule has 0 aliphatic carbocycles. The fourth-order valence-corrected chi connectivity index (χ4v) is 2.79. The zero-order chi connectivity index (χ0) is 14.5. The number of hydrogen-bond acceptors (Lipinski definition) is 3. The minimum Gasteiger partial charge on any atom is -0.375 e. The first kappa shape index (κ1) is 15.3. The van der Waals surface area contributed by atoms with E-state index in [9.17, 15) is 4.79 Å². The van der Waals surface area contributed by atoms with Gasteiger partial charge in [0.2, 0.25) is 0 Å². The fraction of sp³-hybridized carbons (Fsp3) is 0.214. The maximum Gasteiger partial charge on any atom is 0.253 e. The average molecular weight is 330 g/mol. The van der Waals surface area contributed by atoms with E-state index in [1.165, 1.54) is 11.3 Å². The number of thiophene rings is 1. The van der Waals surface area contributed by atoms with E-state index in [-0.39, 0.29) is 12.0 Å². The minimum absolute atomic E-state index is 0.202. The van der Waals surface area contributed by atoms with E-state index in [0.717, 1.165) is 5.56 Å². The van der Waals surface area contributed by atoms with Crippen molar-refractivity contribution in [2.45, 2.75) is 6.10 Å². The molecular formula is C14H13Cl2NO2S. The lowest BCUT2D eigenvalue weighted by molar-refractivity contribution is 0.0828. The molecule has 1 heterocycles. The van der Waals surface area contributed by atoms with E-state index in [0.29, 0.717) is 21.5 Å². The maximum absolute atomic E-state index is 12.0. The second kappa shape index (κ2) is 7.09. The number of methoxy groups -OCH3 is 1. The highest BCUT2D eigenvalue weighted by atomic mass is 35.5. The minimum atomic E-state index is -0.228. The van der Waals surface area contributed by atoms with Gasteiger partial charge in [-0.1, -0.05) is 35.3 Å². The van der Waals surface area contributed by atoms with Gasteiger partial charge < -0.3 is 10.1 Å². The molecule has 0 aliphatic rings. The normalized spacial score (nSPS) is 12.2. The third kappa shape index (κ3) is 3.73. The molecule has 106 valence electrons. The summed E-state index contributed by atoms with van der Waals surface area (Å²) >= 11 is 13.1. The first-order chi connectivity index (χ1) is 9.61.